The van der Waals surface area contributed by atoms with Gasteiger partial charge in [-0.05, 0) is 28.9 Å². The van der Waals surface area contributed by atoms with Crippen LogP contribution in [0.3, 0.4) is 0 Å². The van der Waals surface area contributed by atoms with Crippen LogP contribution in [0.5, 0.6) is 0 Å². The number of rotatable bonds is 2. The Morgan fingerprint density at radius 1 is 1.11 bits per heavy atom. The van der Waals surface area contributed by atoms with Crippen molar-refractivity contribution in [2.75, 3.05) is 0 Å². The van der Waals surface area contributed by atoms with Crippen LogP contribution in [0.25, 0.3) is 0 Å². The second kappa shape index (κ2) is 5.35. The van der Waals surface area contributed by atoms with E-state index in [2.05, 4.69) is 31.9 Å². The van der Waals surface area contributed by atoms with Gasteiger partial charge in [-0.2, -0.15) is 0 Å². The predicted octanol–water partition coefficient (Wildman–Crippen LogP) is 5.72. The Labute approximate surface area is 123 Å². The van der Waals surface area contributed by atoms with Crippen LogP contribution in [-0.4, -0.2) is 0 Å². The Morgan fingerprint density at radius 2 is 1.67 bits per heavy atom. The lowest BCUT2D eigenvalue weighted by atomic mass is 10.1. The number of halogens is 5. The van der Waals surface area contributed by atoms with Gasteiger partial charge in [-0.1, -0.05) is 15.9 Å². The van der Waals surface area contributed by atoms with E-state index in [1.165, 1.54) is 11.3 Å². The third kappa shape index (κ3) is 2.65. The van der Waals surface area contributed by atoms with Crippen LogP contribution in [0.1, 0.15) is 20.1 Å². The average Bonchev–Trinajstić information content (AvgIpc) is 2.56. The molecular formula is C12H7Br2F3S. The topological polar surface area (TPSA) is 0 Å². The molecule has 2 aromatic rings. The first kappa shape index (κ1) is 14.1. The second-order valence-corrected chi connectivity index (χ2v) is 6.77. The predicted molar refractivity (Wildman–Crippen MR) is 73.8 cm³/mol. The van der Waals surface area contributed by atoms with Gasteiger partial charge in [-0.25, -0.2) is 13.2 Å². The van der Waals surface area contributed by atoms with E-state index in [9.17, 15) is 13.2 Å². The molecule has 0 saturated carbocycles. The molecule has 0 radical (unpaired) electrons. The summed E-state index contributed by atoms with van der Waals surface area (Å²) in [5.41, 5.74) is -0.182. The number of hydrogen-bond donors (Lipinski definition) is 0. The van der Waals surface area contributed by atoms with Crippen molar-refractivity contribution in [2.45, 2.75) is 11.8 Å². The van der Waals surface area contributed by atoms with Crippen LogP contribution >= 0.6 is 43.2 Å². The van der Waals surface area contributed by atoms with Gasteiger partial charge in [0.2, 0.25) is 0 Å². The molecule has 0 aliphatic rings. The SMILES string of the molecule is Cc1cc(Br)c(C(Br)c2c(F)cc(F)cc2F)s1. The molecule has 0 fully saturated rings. The molecule has 0 aliphatic carbocycles. The molecule has 0 N–H and O–H groups in total. The molecule has 96 valence electrons. The van der Waals surface area contributed by atoms with E-state index in [1.54, 1.807) is 0 Å². The maximum absolute atomic E-state index is 13.7. The van der Waals surface area contributed by atoms with E-state index in [0.29, 0.717) is 12.1 Å². The van der Waals surface area contributed by atoms with Gasteiger partial charge in [-0.3, -0.25) is 0 Å². The van der Waals surface area contributed by atoms with Crippen molar-refractivity contribution in [2.24, 2.45) is 0 Å². The third-order valence-corrected chi connectivity index (χ3v) is 5.62. The zero-order valence-electron chi connectivity index (χ0n) is 9.11. The summed E-state index contributed by atoms with van der Waals surface area (Å²) in [6.45, 7) is 1.90. The Balaban J connectivity index is 2.52. The van der Waals surface area contributed by atoms with Gasteiger partial charge in [0, 0.05) is 31.9 Å². The molecule has 1 atom stereocenters. The van der Waals surface area contributed by atoms with E-state index in [-0.39, 0.29) is 5.56 Å². The van der Waals surface area contributed by atoms with Crippen molar-refractivity contribution >= 4 is 43.2 Å². The summed E-state index contributed by atoms with van der Waals surface area (Å²) in [7, 11) is 0. The van der Waals surface area contributed by atoms with E-state index in [0.717, 1.165) is 14.2 Å². The molecule has 1 aromatic carbocycles. The Hall–Kier alpha value is -0.330. The van der Waals surface area contributed by atoms with Gasteiger partial charge in [-0.15, -0.1) is 11.3 Å². The number of alkyl halides is 1. The maximum Gasteiger partial charge on any atom is 0.133 e. The fourth-order valence-electron chi connectivity index (χ4n) is 1.60. The average molecular weight is 400 g/mol. The lowest BCUT2D eigenvalue weighted by Crippen LogP contribution is -2.00. The zero-order valence-corrected chi connectivity index (χ0v) is 13.1. The minimum absolute atomic E-state index is 0.182. The largest absolute Gasteiger partial charge is 0.207 e. The molecule has 0 bridgehead atoms. The van der Waals surface area contributed by atoms with Crippen molar-refractivity contribution in [3.8, 4) is 0 Å². The summed E-state index contributed by atoms with van der Waals surface area (Å²) >= 11 is 8.02. The standard InChI is InChI=1S/C12H7Br2F3S/c1-5-2-7(13)12(18-5)11(14)10-8(16)3-6(15)4-9(10)17/h2-4,11H,1H3. The van der Waals surface area contributed by atoms with Crippen LogP contribution < -0.4 is 0 Å². The first-order chi connectivity index (χ1) is 8.40. The van der Waals surface area contributed by atoms with Crippen molar-refractivity contribution in [1.82, 2.24) is 0 Å². The minimum atomic E-state index is -0.921. The van der Waals surface area contributed by atoms with Crippen molar-refractivity contribution < 1.29 is 13.2 Å². The number of benzene rings is 1. The van der Waals surface area contributed by atoms with Gasteiger partial charge in [0.05, 0.1) is 4.83 Å². The first-order valence-corrected chi connectivity index (χ1v) is 7.47. The van der Waals surface area contributed by atoms with Crippen LogP contribution in [0.15, 0.2) is 22.7 Å². The maximum atomic E-state index is 13.7. The van der Waals surface area contributed by atoms with Crippen molar-refractivity contribution in [1.29, 1.82) is 0 Å². The number of hydrogen-bond acceptors (Lipinski definition) is 1. The molecule has 1 heterocycles. The third-order valence-electron chi connectivity index (χ3n) is 2.36. The highest BCUT2D eigenvalue weighted by atomic mass is 79.9. The molecule has 2 rings (SSSR count). The highest BCUT2D eigenvalue weighted by Gasteiger charge is 2.24. The Kier molecular flexibility index (Phi) is 4.18. The smallest absolute Gasteiger partial charge is 0.133 e. The van der Waals surface area contributed by atoms with Crippen molar-refractivity contribution in [3.63, 3.8) is 0 Å². The van der Waals surface area contributed by atoms with Gasteiger partial charge >= 0.3 is 0 Å². The fourth-order valence-corrected chi connectivity index (χ4v) is 4.74. The van der Waals surface area contributed by atoms with Gasteiger partial charge < -0.3 is 0 Å². The van der Waals surface area contributed by atoms with E-state index in [4.69, 9.17) is 0 Å². The summed E-state index contributed by atoms with van der Waals surface area (Å²) < 4.78 is 41.0. The van der Waals surface area contributed by atoms with Crippen molar-refractivity contribution in [3.05, 3.63) is 55.4 Å². The highest BCUT2D eigenvalue weighted by molar-refractivity contribution is 9.11. The van der Waals surface area contributed by atoms with E-state index >= 15 is 0 Å². The van der Waals surface area contributed by atoms with Crippen LogP contribution in [0.2, 0.25) is 0 Å². The lowest BCUT2D eigenvalue weighted by molar-refractivity contribution is 0.527. The number of aryl methyl sites for hydroxylation is 1. The summed E-state index contributed by atoms with van der Waals surface area (Å²) in [6.07, 6.45) is 0. The minimum Gasteiger partial charge on any atom is -0.207 e. The highest BCUT2D eigenvalue weighted by Crippen LogP contribution is 2.42. The quantitative estimate of drug-likeness (QED) is 0.566. The summed E-state index contributed by atoms with van der Waals surface area (Å²) in [4.78, 5) is 1.12. The monoisotopic (exact) mass is 398 g/mol. The van der Waals surface area contributed by atoms with Crippen LogP contribution in [0, 0.1) is 24.4 Å². The summed E-state index contributed by atoms with van der Waals surface area (Å²) in [5, 5.41) is 0. The molecule has 1 aromatic heterocycles. The fraction of sp³-hybridized carbons (Fsp3) is 0.167. The van der Waals surface area contributed by atoms with Crippen LogP contribution in [-0.2, 0) is 0 Å². The molecule has 0 saturated heterocycles. The molecule has 18 heavy (non-hydrogen) atoms. The molecule has 0 spiro atoms. The molecule has 6 heteroatoms. The lowest BCUT2D eigenvalue weighted by Gasteiger charge is -2.11. The molecule has 0 amide bonds. The molecule has 0 nitrogen and oxygen atoms in total. The second-order valence-electron chi connectivity index (χ2n) is 3.71. The van der Waals surface area contributed by atoms with Gasteiger partial charge in [0.25, 0.3) is 0 Å². The molecule has 1 unspecified atom stereocenters. The van der Waals surface area contributed by atoms with Gasteiger partial charge in [0.15, 0.2) is 0 Å². The number of thiophene rings is 1. The van der Waals surface area contributed by atoms with Gasteiger partial charge in [0.1, 0.15) is 17.5 Å². The summed E-state index contributed by atoms with van der Waals surface area (Å²) in [5.74, 6) is -2.71. The van der Waals surface area contributed by atoms with Crippen LogP contribution in [0.4, 0.5) is 13.2 Å². The molecular weight excluding hydrogens is 393 g/mol. The Bertz CT molecular complexity index is 572. The van der Waals surface area contributed by atoms with E-state index < -0.39 is 22.3 Å². The molecule has 0 aliphatic heterocycles. The summed E-state index contributed by atoms with van der Waals surface area (Å²) in [6, 6.07) is 3.23. The normalized spacial score (nSPS) is 12.8. The first-order valence-electron chi connectivity index (χ1n) is 4.94. The van der Waals surface area contributed by atoms with E-state index in [1.807, 2.05) is 13.0 Å². The Morgan fingerprint density at radius 3 is 2.11 bits per heavy atom. The zero-order chi connectivity index (χ0) is 13.4.